The molecule has 16 heavy (non-hydrogen) atoms. The number of thiocarbonyl (C=S) groups is 1. The molecule has 0 fully saturated rings. The molecule has 0 aliphatic rings. The van der Waals surface area contributed by atoms with Gasteiger partial charge in [-0.3, -0.25) is 10.7 Å². The van der Waals surface area contributed by atoms with Crippen molar-refractivity contribution in [1.29, 1.82) is 0 Å². The number of benzene rings is 2. The fourth-order valence-corrected chi connectivity index (χ4v) is 1.79. The minimum absolute atomic E-state index is 0.333. The zero-order valence-corrected chi connectivity index (χ0v) is 9.37. The van der Waals surface area contributed by atoms with Crippen LogP contribution in [0, 0.1) is 0 Å². The monoisotopic (exact) mass is 229 g/mol. The lowest BCUT2D eigenvalue weighted by molar-refractivity contribution is 0.238. The Bertz CT molecular complexity index is 496. The molecule has 0 aliphatic carbocycles. The summed E-state index contributed by atoms with van der Waals surface area (Å²) in [7, 11) is 0. The van der Waals surface area contributed by atoms with E-state index in [4.69, 9.17) is 17.4 Å². The molecule has 2 aromatic carbocycles. The van der Waals surface area contributed by atoms with Crippen LogP contribution in [-0.4, -0.2) is 10.2 Å². The van der Waals surface area contributed by atoms with Crippen LogP contribution >= 0.6 is 12.2 Å². The Hall–Kier alpha value is -1.71. The third kappa shape index (κ3) is 2.10. The molecule has 2 nitrogen and oxygen atoms in total. The second kappa shape index (κ2) is 4.88. The quantitative estimate of drug-likeness (QED) is 0.613. The van der Waals surface area contributed by atoms with Gasteiger partial charge < -0.3 is 0 Å². The Balaban J connectivity index is 2.53. The fraction of sp³-hybridized carbons (Fsp3) is 0. The summed E-state index contributed by atoms with van der Waals surface area (Å²) in [6.45, 7) is 0. The van der Waals surface area contributed by atoms with Gasteiger partial charge in [-0.25, -0.2) is 0 Å². The lowest BCUT2D eigenvalue weighted by Crippen LogP contribution is -2.18. The third-order valence-corrected chi connectivity index (χ3v) is 2.67. The van der Waals surface area contributed by atoms with Crippen molar-refractivity contribution in [1.82, 2.24) is 5.48 Å². The maximum Gasteiger partial charge on any atom is 0.131 e. The summed E-state index contributed by atoms with van der Waals surface area (Å²) in [4.78, 5) is 0.333. The van der Waals surface area contributed by atoms with Gasteiger partial charge in [-0.1, -0.05) is 66.8 Å². The maximum atomic E-state index is 8.87. The fourth-order valence-electron chi connectivity index (χ4n) is 1.61. The molecule has 0 unspecified atom stereocenters. The van der Waals surface area contributed by atoms with Gasteiger partial charge in [0.05, 0.1) is 0 Å². The highest BCUT2D eigenvalue weighted by atomic mass is 32.1. The summed E-state index contributed by atoms with van der Waals surface area (Å²) in [5.74, 6) is 0. The Morgan fingerprint density at radius 2 is 1.56 bits per heavy atom. The lowest BCUT2D eigenvalue weighted by atomic mass is 10.00. The predicted molar refractivity (Wildman–Crippen MR) is 68.5 cm³/mol. The number of nitrogens with one attached hydrogen (secondary N) is 1. The van der Waals surface area contributed by atoms with Crippen molar-refractivity contribution in [3.8, 4) is 11.1 Å². The van der Waals surface area contributed by atoms with E-state index in [2.05, 4.69) is 0 Å². The molecule has 0 saturated heterocycles. The topological polar surface area (TPSA) is 32.3 Å². The zero-order valence-electron chi connectivity index (χ0n) is 8.55. The van der Waals surface area contributed by atoms with E-state index >= 15 is 0 Å². The standard InChI is InChI=1S/C13H11NOS/c15-14-13(16)12-9-5-4-8-11(12)10-6-2-1-3-7-10/h1-9,15H,(H,14,16). The molecule has 0 aromatic heterocycles. The normalized spacial score (nSPS) is 9.81. The largest absolute Gasteiger partial charge is 0.290 e. The van der Waals surface area contributed by atoms with Crippen LogP contribution in [0.5, 0.6) is 0 Å². The van der Waals surface area contributed by atoms with E-state index in [0.717, 1.165) is 16.7 Å². The molecule has 0 saturated carbocycles. The van der Waals surface area contributed by atoms with Gasteiger partial charge in [0, 0.05) is 5.56 Å². The van der Waals surface area contributed by atoms with Gasteiger partial charge in [0.2, 0.25) is 0 Å². The highest BCUT2D eigenvalue weighted by Gasteiger charge is 2.07. The van der Waals surface area contributed by atoms with E-state index in [0.29, 0.717) is 4.99 Å². The van der Waals surface area contributed by atoms with Crippen LogP contribution in [-0.2, 0) is 0 Å². The SMILES string of the molecule is ONC(=S)c1ccccc1-c1ccccc1. The Morgan fingerprint density at radius 1 is 0.938 bits per heavy atom. The smallest absolute Gasteiger partial charge is 0.131 e. The first kappa shape index (κ1) is 10.8. The summed E-state index contributed by atoms with van der Waals surface area (Å²) in [5.41, 5.74) is 4.94. The molecule has 80 valence electrons. The molecule has 2 aromatic rings. The van der Waals surface area contributed by atoms with Crippen LogP contribution in [0.3, 0.4) is 0 Å². The van der Waals surface area contributed by atoms with Crippen LogP contribution in [0.4, 0.5) is 0 Å². The highest BCUT2D eigenvalue weighted by Crippen LogP contribution is 2.23. The van der Waals surface area contributed by atoms with Crippen molar-refractivity contribution in [3.05, 3.63) is 60.2 Å². The van der Waals surface area contributed by atoms with Crippen molar-refractivity contribution in [3.63, 3.8) is 0 Å². The molecule has 0 bridgehead atoms. The minimum atomic E-state index is 0.333. The molecule has 2 N–H and O–H groups in total. The molecular weight excluding hydrogens is 218 g/mol. The summed E-state index contributed by atoms with van der Waals surface area (Å²) in [6, 6.07) is 17.6. The minimum Gasteiger partial charge on any atom is -0.290 e. The van der Waals surface area contributed by atoms with E-state index < -0.39 is 0 Å². The van der Waals surface area contributed by atoms with Gasteiger partial charge >= 0.3 is 0 Å². The molecule has 0 atom stereocenters. The van der Waals surface area contributed by atoms with E-state index in [1.54, 1.807) is 0 Å². The first-order valence-corrected chi connectivity index (χ1v) is 5.32. The average molecular weight is 229 g/mol. The van der Waals surface area contributed by atoms with Crippen LogP contribution in [0.15, 0.2) is 54.6 Å². The van der Waals surface area contributed by atoms with E-state index in [-0.39, 0.29) is 0 Å². The lowest BCUT2D eigenvalue weighted by Gasteiger charge is -2.09. The first-order chi connectivity index (χ1) is 7.83. The summed E-state index contributed by atoms with van der Waals surface area (Å²) in [6.07, 6.45) is 0. The molecule has 0 radical (unpaired) electrons. The van der Waals surface area contributed by atoms with E-state index in [1.165, 1.54) is 0 Å². The maximum absolute atomic E-state index is 8.87. The van der Waals surface area contributed by atoms with Gasteiger partial charge in [0.25, 0.3) is 0 Å². The molecule has 0 amide bonds. The Labute approximate surface area is 99.5 Å². The van der Waals surface area contributed by atoms with Gasteiger partial charge in [-0.2, -0.15) is 0 Å². The van der Waals surface area contributed by atoms with Crippen molar-refractivity contribution in [2.24, 2.45) is 0 Å². The highest BCUT2D eigenvalue weighted by molar-refractivity contribution is 7.80. The molecule has 0 aliphatic heterocycles. The van der Waals surface area contributed by atoms with Gasteiger partial charge in [0.15, 0.2) is 0 Å². The van der Waals surface area contributed by atoms with Crippen LogP contribution in [0.25, 0.3) is 11.1 Å². The average Bonchev–Trinajstić information content (AvgIpc) is 2.39. The van der Waals surface area contributed by atoms with Crippen molar-refractivity contribution in [2.75, 3.05) is 0 Å². The van der Waals surface area contributed by atoms with Crippen molar-refractivity contribution >= 4 is 17.2 Å². The second-order valence-corrected chi connectivity index (χ2v) is 3.76. The number of hydrogen-bond donors (Lipinski definition) is 2. The first-order valence-electron chi connectivity index (χ1n) is 4.92. The number of hydroxylamine groups is 1. The Kier molecular flexibility index (Phi) is 3.29. The van der Waals surface area contributed by atoms with Crippen LogP contribution in [0.1, 0.15) is 5.56 Å². The predicted octanol–water partition coefficient (Wildman–Crippen LogP) is 3.01. The van der Waals surface area contributed by atoms with Gasteiger partial charge in [-0.15, -0.1) is 0 Å². The van der Waals surface area contributed by atoms with Crippen molar-refractivity contribution < 1.29 is 5.21 Å². The summed E-state index contributed by atoms with van der Waals surface area (Å²) < 4.78 is 0. The third-order valence-electron chi connectivity index (χ3n) is 2.36. The van der Waals surface area contributed by atoms with E-state index in [1.807, 2.05) is 60.1 Å². The second-order valence-electron chi connectivity index (χ2n) is 3.35. The van der Waals surface area contributed by atoms with Crippen LogP contribution < -0.4 is 5.48 Å². The van der Waals surface area contributed by atoms with Crippen LogP contribution in [0.2, 0.25) is 0 Å². The Morgan fingerprint density at radius 3 is 2.25 bits per heavy atom. The number of hydrogen-bond acceptors (Lipinski definition) is 2. The number of rotatable bonds is 2. The molecule has 3 heteroatoms. The summed E-state index contributed by atoms with van der Waals surface area (Å²) in [5, 5.41) is 8.87. The zero-order chi connectivity index (χ0) is 11.4. The molecule has 0 spiro atoms. The molecule has 2 rings (SSSR count). The van der Waals surface area contributed by atoms with Crippen molar-refractivity contribution in [2.45, 2.75) is 0 Å². The van der Waals surface area contributed by atoms with Gasteiger partial charge in [-0.05, 0) is 11.1 Å². The van der Waals surface area contributed by atoms with Gasteiger partial charge in [0.1, 0.15) is 4.99 Å². The molecule has 0 heterocycles. The molecular formula is C13H11NOS. The summed E-state index contributed by atoms with van der Waals surface area (Å²) >= 11 is 5.05. The van der Waals surface area contributed by atoms with E-state index in [9.17, 15) is 0 Å².